The van der Waals surface area contributed by atoms with Gasteiger partial charge in [0, 0.05) is 17.8 Å². The van der Waals surface area contributed by atoms with Crippen LogP contribution in [0.4, 0.5) is 14.5 Å². The van der Waals surface area contributed by atoms with E-state index < -0.39 is 6.61 Å². The lowest BCUT2D eigenvalue weighted by molar-refractivity contribution is -0.0498. The van der Waals surface area contributed by atoms with Crippen LogP contribution in [0.5, 0.6) is 5.75 Å². The van der Waals surface area contributed by atoms with Crippen molar-refractivity contribution in [2.75, 3.05) is 11.9 Å². The Kier molecular flexibility index (Phi) is 4.36. The average molecular weight is 256 g/mol. The van der Waals surface area contributed by atoms with E-state index in [-0.39, 0.29) is 5.75 Å². The van der Waals surface area contributed by atoms with Gasteiger partial charge in [0.1, 0.15) is 5.75 Å². The van der Waals surface area contributed by atoms with Crippen molar-refractivity contribution in [1.29, 1.82) is 0 Å². The summed E-state index contributed by atoms with van der Waals surface area (Å²) in [6, 6.07) is 7.00. The molecule has 3 nitrogen and oxygen atoms in total. The molecule has 0 saturated heterocycles. The summed E-state index contributed by atoms with van der Waals surface area (Å²) < 4.78 is 28.6. The molecule has 1 aromatic carbocycles. The van der Waals surface area contributed by atoms with Gasteiger partial charge in [-0.25, -0.2) is 0 Å². The number of nitrogens with one attached hydrogen (secondary N) is 1. The van der Waals surface area contributed by atoms with Gasteiger partial charge in [-0.2, -0.15) is 8.78 Å². The summed E-state index contributed by atoms with van der Waals surface area (Å²) in [5, 5.41) is 3.35. The highest BCUT2D eigenvalue weighted by atomic mass is 19.3. The summed E-state index contributed by atoms with van der Waals surface area (Å²) in [6.07, 6.45) is 3.36. The Morgan fingerprint density at radius 1 is 1.39 bits per heavy atom. The van der Waals surface area contributed by atoms with Gasteiger partial charge in [0.25, 0.3) is 0 Å². The Morgan fingerprint density at radius 3 is 2.94 bits per heavy atom. The Hall–Kier alpha value is -1.36. The number of rotatable bonds is 5. The molecule has 0 aliphatic heterocycles. The van der Waals surface area contributed by atoms with Crippen molar-refractivity contribution in [2.24, 2.45) is 11.7 Å². The fraction of sp³-hybridized carbons (Fsp3) is 0.538. The molecule has 1 aliphatic rings. The third-order valence-corrected chi connectivity index (χ3v) is 3.37. The second-order valence-electron chi connectivity index (χ2n) is 4.58. The molecule has 3 N–H and O–H groups in total. The van der Waals surface area contributed by atoms with Crippen molar-refractivity contribution < 1.29 is 13.5 Å². The third kappa shape index (κ3) is 3.32. The maximum Gasteiger partial charge on any atom is 0.387 e. The van der Waals surface area contributed by atoms with E-state index in [1.165, 1.54) is 6.07 Å². The molecular weight excluding hydrogens is 238 g/mol. The highest BCUT2D eigenvalue weighted by Crippen LogP contribution is 2.29. The molecule has 1 saturated carbocycles. The van der Waals surface area contributed by atoms with E-state index in [4.69, 9.17) is 5.73 Å². The maximum atomic E-state index is 12.1. The van der Waals surface area contributed by atoms with Gasteiger partial charge in [0.15, 0.2) is 0 Å². The van der Waals surface area contributed by atoms with Crippen LogP contribution in [0.2, 0.25) is 0 Å². The van der Waals surface area contributed by atoms with Gasteiger partial charge in [0.05, 0.1) is 0 Å². The number of anilines is 1. The molecule has 1 aliphatic carbocycles. The minimum atomic E-state index is -2.79. The van der Waals surface area contributed by atoms with Gasteiger partial charge in [-0.05, 0) is 37.4 Å². The molecule has 100 valence electrons. The fourth-order valence-corrected chi connectivity index (χ4v) is 2.49. The monoisotopic (exact) mass is 256 g/mol. The van der Waals surface area contributed by atoms with Crippen LogP contribution in [-0.4, -0.2) is 19.2 Å². The summed E-state index contributed by atoms with van der Waals surface area (Å²) in [5.74, 6) is 0.641. The molecule has 0 radical (unpaired) electrons. The lowest BCUT2D eigenvalue weighted by atomic mass is 10.0. The van der Waals surface area contributed by atoms with Crippen LogP contribution in [-0.2, 0) is 0 Å². The molecule has 0 bridgehead atoms. The second-order valence-corrected chi connectivity index (χ2v) is 4.58. The first-order valence-electron chi connectivity index (χ1n) is 6.20. The zero-order valence-corrected chi connectivity index (χ0v) is 10.1. The van der Waals surface area contributed by atoms with Crippen LogP contribution in [0.3, 0.4) is 0 Å². The van der Waals surface area contributed by atoms with E-state index in [1.807, 2.05) is 6.07 Å². The molecule has 2 unspecified atom stereocenters. The lowest BCUT2D eigenvalue weighted by Gasteiger charge is -2.21. The third-order valence-electron chi connectivity index (χ3n) is 3.37. The second kappa shape index (κ2) is 6.00. The van der Waals surface area contributed by atoms with E-state index in [1.54, 1.807) is 12.1 Å². The van der Waals surface area contributed by atoms with E-state index >= 15 is 0 Å². The average Bonchev–Trinajstić information content (AvgIpc) is 2.76. The van der Waals surface area contributed by atoms with Gasteiger partial charge >= 0.3 is 6.61 Å². The number of alkyl halides is 2. The van der Waals surface area contributed by atoms with E-state index in [2.05, 4.69) is 10.1 Å². The molecule has 5 heteroatoms. The molecule has 1 aromatic rings. The molecule has 2 rings (SSSR count). The predicted molar refractivity (Wildman–Crippen MR) is 66.9 cm³/mol. The summed E-state index contributed by atoms with van der Waals surface area (Å²) in [5.41, 5.74) is 6.51. The van der Waals surface area contributed by atoms with Gasteiger partial charge in [-0.1, -0.05) is 12.5 Å². The number of halogens is 2. The van der Waals surface area contributed by atoms with Crippen molar-refractivity contribution >= 4 is 5.69 Å². The Morgan fingerprint density at radius 2 is 2.22 bits per heavy atom. The first-order chi connectivity index (χ1) is 8.69. The first kappa shape index (κ1) is 13.1. The van der Waals surface area contributed by atoms with Crippen molar-refractivity contribution in [3.63, 3.8) is 0 Å². The molecule has 0 aromatic heterocycles. The van der Waals surface area contributed by atoms with E-state index in [0.717, 1.165) is 24.9 Å². The zero-order chi connectivity index (χ0) is 13.0. The quantitative estimate of drug-likeness (QED) is 0.851. The number of benzene rings is 1. The lowest BCUT2D eigenvalue weighted by Crippen LogP contribution is -2.29. The molecule has 0 spiro atoms. The van der Waals surface area contributed by atoms with Crippen LogP contribution >= 0.6 is 0 Å². The van der Waals surface area contributed by atoms with Crippen molar-refractivity contribution in [1.82, 2.24) is 0 Å². The minimum absolute atomic E-state index is 0.178. The Balaban J connectivity index is 2.00. The summed E-state index contributed by atoms with van der Waals surface area (Å²) >= 11 is 0. The maximum absolute atomic E-state index is 12.1. The number of ether oxygens (including phenoxy) is 1. The van der Waals surface area contributed by atoms with Crippen molar-refractivity contribution in [3.05, 3.63) is 24.3 Å². The molecule has 0 heterocycles. The number of hydrogen-bond donors (Lipinski definition) is 2. The van der Waals surface area contributed by atoms with Crippen LogP contribution in [0.15, 0.2) is 24.3 Å². The van der Waals surface area contributed by atoms with Gasteiger partial charge in [0.2, 0.25) is 0 Å². The van der Waals surface area contributed by atoms with Gasteiger partial charge in [-0.15, -0.1) is 0 Å². The molecule has 1 fully saturated rings. The zero-order valence-electron chi connectivity index (χ0n) is 10.1. The van der Waals surface area contributed by atoms with Crippen LogP contribution in [0.25, 0.3) is 0 Å². The highest BCUT2D eigenvalue weighted by Gasteiger charge is 2.25. The van der Waals surface area contributed by atoms with Gasteiger partial charge < -0.3 is 15.8 Å². The minimum Gasteiger partial charge on any atom is -0.435 e. The van der Waals surface area contributed by atoms with Crippen molar-refractivity contribution in [3.8, 4) is 5.75 Å². The highest BCUT2D eigenvalue weighted by molar-refractivity contribution is 5.49. The van der Waals surface area contributed by atoms with Crippen LogP contribution in [0.1, 0.15) is 19.3 Å². The summed E-state index contributed by atoms with van der Waals surface area (Å²) in [6.45, 7) is -2.13. The normalized spacial score (nSPS) is 23.3. The molecule has 2 atom stereocenters. The summed E-state index contributed by atoms with van der Waals surface area (Å²) in [4.78, 5) is 0. The van der Waals surface area contributed by atoms with E-state index in [9.17, 15) is 8.78 Å². The Labute approximate surface area is 105 Å². The van der Waals surface area contributed by atoms with E-state index in [0.29, 0.717) is 18.5 Å². The fourth-order valence-electron chi connectivity index (χ4n) is 2.49. The number of hydrogen-bond acceptors (Lipinski definition) is 3. The van der Waals surface area contributed by atoms with Gasteiger partial charge in [-0.3, -0.25) is 0 Å². The smallest absolute Gasteiger partial charge is 0.387 e. The molecule has 0 amide bonds. The SMILES string of the molecule is NCC1CCCC1Nc1cccc(OC(F)F)c1. The van der Waals surface area contributed by atoms with Crippen LogP contribution < -0.4 is 15.8 Å². The first-order valence-corrected chi connectivity index (χ1v) is 6.20. The summed E-state index contributed by atoms with van der Waals surface area (Å²) in [7, 11) is 0. The molecule has 18 heavy (non-hydrogen) atoms. The topological polar surface area (TPSA) is 47.3 Å². The number of nitrogens with two attached hydrogens (primary N) is 1. The van der Waals surface area contributed by atoms with Crippen LogP contribution in [0, 0.1) is 5.92 Å². The predicted octanol–water partition coefficient (Wildman–Crippen LogP) is 2.83. The molecular formula is C13H18F2N2O. The largest absolute Gasteiger partial charge is 0.435 e. The Bertz CT molecular complexity index is 387. The van der Waals surface area contributed by atoms with Crippen molar-refractivity contribution in [2.45, 2.75) is 31.9 Å². The standard InChI is InChI=1S/C13H18F2N2O/c14-13(15)18-11-5-2-4-10(7-11)17-12-6-1-3-9(12)8-16/h2,4-5,7,9,12-13,17H,1,3,6,8,16H2.